The molecule has 1 amide bonds. The molecule has 0 atom stereocenters. The van der Waals surface area contributed by atoms with Crippen molar-refractivity contribution in [2.75, 3.05) is 0 Å². The van der Waals surface area contributed by atoms with Crippen molar-refractivity contribution >= 4 is 5.91 Å². The van der Waals surface area contributed by atoms with Gasteiger partial charge in [-0.1, -0.05) is 6.07 Å². The molecule has 0 N–H and O–H groups in total. The number of ether oxygens (including phenoxy) is 1. The molecular formula is C22H18F4N2O2. The number of alkyl halides is 3. The van der Waals surface area contributed by atoms with Gasteiger partial charge < -0.3 is 9.64 Å². The highest BCUT2D eigenvalue weighted by molar-refractivity contribution is 5.98. The topological polar surface area (TPSA) is 53.3 Å². The fourth-order valence-corrected chi connectivity index (χ4v) is 4.19. The maximum atomic E-state index is 13.4. The molecular weight excluding hydrogens is 400 g/mol. The van der Waals surface area contributed by atoms with E-state index in [0.717, 1.165) is 17.7 Å². The highest BCUT2D eigenvalue weighted by atomic mass is 19.4. The predicted molar refractivity (Wildman–Crippen MR) is 99.1 cm³/mol. The zero-order valence-corrected chi connectivity index (χ0v) is 15.9. The van der Waals surface area contributed by atoms with Gasteiger partial charge in [0.2, 0.25) is 0 Å². The molecule has 0 spiro atoms. The van der Waals surface area contributed by atoms with Crippen LogP contribution in [0.25, 0.3) is 0 Å². The Labute approximate surface area is 170 Å². The highest BCUT2D eigenvalue weighted by Crippen LogP contribution is 2.36. The molecule has 8 heteroatoms. The Morgan fingerprint density at radius 2 is 1.80 bits per heavy atom. The lowest BCUT2D eigenvalue weighted by molar-refractivity contribution is -0.137. The Bertz CT molecular complexity index is 1020. The number of nitrogens with zero attached hydrogens (tertiary/aromatic N) is 2. The van der Waals surface area contributed by atoms with E-state index in [9.17, 15) is 22.4 Å². The fraction of sp³-hybridized carbons (Fsp3) is 0.364. The van der Waals surface area contributed by atoms with E-state index >= 15 is 0 Å². The first-order valence-electron chi connectivity index (χ1n) is 9.63. The van der Waals surface area contributed by atoms with Gasteiger partial charge in [-0.2, -0.15) is 18.4 Å². The van der Waals surface area contributed by atoms with Crippen molar-refractivity contribution in [1.82, 2.24) is 4.90 Å². The van der Waals surface area contributed by atoms with Crippen molar-refractivity contribution < 1.29 is 27.1 Å². The second kappa shape index (κ2) is 7.63. The molecule has 4 rings (SSSR count). The Morgan fingerprint density at radius 1 is 1.07 bits per heavy atom. The summed E-state index contributed by atoms with van der Waals surface area (Å²) in [5, 5.41) is 8.88. The molecule has 1 fully saturated rings. The van der Waals surface area contributed by atoms with Crippen LogP contribution in [0.2, 0.25) is 0 Å². The summed E-state index contributed by atoms with van der Waals surface area (Å²) in [6.07, 6.45) is -2.44. The van der Waals surface area contributed by atoms with Gasteiger partial charge in [0.05, 0.1) is 23.3 Å². The van der Waals surface area contributed by atoms with Gasteiger partial charge in [-0.15, -0.1) is 0 Å². The molecule has 2 aromatic rings. The Balaban J connectivity index is 1.39. The molecule has 0 unspecified atom stereocenters. The monoisotopic (exact) mass is 418 g/mol. The molecule has 1 heterocycles. The summed E-state index contributed by atoms with van der Waals surface area (Å²) < 4.78 is 58.6. The molecule has 0 radical (unpaired) electrons. The van der Waals surface area contributed by atoms with Gasteiger partial charge in [-0.25, -0.2) is 4.39 Å². The first kappa shape index (κ1) is 20.2. The minimum Gasteiger partial charge on any atom is -0.490 e. The van der Waals surface area contributed by atoms with Gasteiger partial charge >= 0.3 is 6.18 Å². The number of amides is 1. The van der Waals surface area contributed by atoms with Crippen molar-refractivity contribution in [3.63, 3.8) is 0 Å². The molecule has 0 aromatic heterocycles. The zero-order valence-electron chi connectivity index (χ0n) is 15.9. The van der Waals surface area contributed by atoms with Crippen molar-refractivity contribution in [1.29, 1.82) is 5.26 Å². The van der Waals surface area contributed by atoms with E-state index < -0.39 is 23.1 Å². The zero-order chi connectivity index (χ0) is 21.5. The lowest BCUT2D eigenvalue weighted by Gasteiger charge is -2.34. The van der Waals surface area contributed by atoms with Crippen molar-refractivity contribution in [2.24, 2.45) is 0 Å². The quantitative estimate of drug-likeness (QED) is 0.655. The number of carbonyl (C=O) groups excluding carboxylic acids is 1. The maximum absolute atomic E-state index is 13.4. The lowest BCUT2D eigenvalue weighted by atomic mass is 9.92. The standard InChI is InChI=1S/C22H18F4N2O2/c23-15-3-1-14-12-28(21(29)19(14)9-15)16-4-7-17(8-5-16)30-18-6-2-13(11-27)20(10-18)22(24,25)26/h1-3,6,9-10,16-17H,4-5,7-8,12H2. The number of carbonyl (C=O) groups is 1. The molecule has 2 aliphatic rings. The van der Waals surface area contributed by atoms with Crippen molar-refractivity contribution in [3.05, 3.63) is 64.5 Å². The van der Waals surface area contributed by atoms with E-state index in [1.54, 1.807) is 17.0 Å². The van der Waals surface area contributed by atoms with Gasteiger partial charge in [-0.05, 0) is 61.6 Å². The number of hydrogen-bond donors (Lipinski definition) is 0. The Hall–Kier alpha value is -3.08. The normalized spacial score (nSPS) is 21.3. The SMILES string of the molecule is N#Cc1ccc(OC2CCC(N3Cc4ccc(F)cc4C3=O)CC2)cc1C(F)(F)F. The maximum Gasteiger partial charge on any atom is 0.417 e. The van der Waals surface area contributed by atoms with E-state index in [2.05, 4.69) is 0 Å². The van der Waals surface area contributed by atoms with Crippen LogP contribution in [0.15, 0.2) is 36.4 Å². The molecule has 1 aliphatic heterocycles. The summed E-state index contributed by atoms with van der Waals surface area (Å²) >= 11 is 0. The van der Waals surface area contributed by atoms with E-state index in [4.69, 9.17) is 10.00 Å². The summed E-state index contributed by atoms with van der Waals surface area (Å²) in [6, 6.07) is 9.10. The van der Waals surface area contributed by atoms with E-state index in [0.29, 0.717) is 37.8 Å². The van der Waals surface area contributed by atoms with Crippen LogP contribution in [0, 0.1) is 17.1 Å². The third kappa shape index (κ3) is 3.84. The summed E-state index contributed by atoms with van der Waals surface area (Å²) in [4.78, 5) is 14.3. The van der Waals surface area contributed by atoms with Crippen LogP contribution in [0.4, 0.5) is 17.6 Å². The largest absolute Gasteiger partial charge is 0.490 e. The second-order valence-electron chi connectivity index (χ2n) is 7.60. The molecule has 0 bridgehead atoms. The lowest BCUT2D eigenvalue weighted by Crippen LogP contribution is -2.40. The summed E-state index contributed by atoms with van der Waals surface area (Å²) in [5.41, 5.74) is -0.256. The van der Waals surface area contributed by atoms with E-state index in [-0.39, 0.29) is 23.8 Å². The smallest absolute Gasteiger partial charge is 0.417 e. The predicted octanol–water partition coefficient (Wildman–Crippen LogP) is 5.06. The number of nitriles is 1. The molecule has 1 aliphatic carbocycles. The van der Waals surface area contributed by atoms with Crippen LogP contribution in [-0.2, 0) is 12.7 Å². The molecule has 156 valence electrons. The van der Waals surface area contributed by atoms with Gasteiger partial charge in [0.1, 0.15) is 11.6 Å². The molecule has 0 saturated heterocycles. The van der Waals surface area contributed by atoms with Crippen molar-refractivity contribution in [2.45, 2.75) is 50.6 Å². The Kier molecular flexibility index (Phi) is 5.14. The van der Waals surface area contributed by atoms with Crippen LogP contribution in [-0.4, -0.2) is 23.0 Å². The number of hydrogen-bond acceptors (Lipinski definition) is 3. The highest BCUT2D eigenvalue weighted by Gasteiger charge is 2.36. The van der Waals surface area contributed by atoms with E-state index in [1.807, 2.05) is 0 Å². The number of halogens is 4. The number of rotatable bonds is 3. The van der Waals surface area contributed by atoms with Crippen molar-refractivity contribution in [3.8, 4) is 11.8 Å². The number of benzene rings is 2. The first-order valence-corrected chi connectivity index (χ1v) is 9.63. The van der Waals surface area contributed by atoms with Crippen LogP contribution in [0.1, 0.15) is 52.7 Å². The third-order valence-electron chi connectivity index (χ3n) is 5.71. The minimum atomic E-state index is -4.63. The summed E-state index contributed by atoms with van der Waals surface area (Å²) in [7, 11) is 0. The first-order chi connectivity index (χ1) is 14.3. The second-order valence-corrected chi connectivity index (χ2v) is 7.60. The number of fused-ring (bicyclic) bond motifs is 1. The molecule has 4 nitrogen and oxygen atoms in total. The van der Waals surface area contributed by atoms with Crippen LogP contribution >= 0.6 is 0 Å². The van der Waals surface area contributed by atoms with Crippen LogP contribution in [0.5, 0.6) is 5.75 Å². The third-order valence-corrected chi connectivity index (χ3v) is 5.71. The average molecular weight is 418 g/mol. The van der Waals surface area contributed by atoms with Gasteiger partial charge in [0.25, 0.3) is 5.91 Å². The summed E-state index contributed by atoms with van der Waals surface area (Å²) in [5.74, 6) is -0.553. The van der Waals surface area contributed by atoms with Gasteiger partial charge in [-0.3, -0.25) is 4.79 Å². The van der Waals surface area contributed by atoms with Gasteiger partial charge in [0, 0.05) is 18.2 Å². The fourth-order valence-electron chi connectivity index (χ4n) is 4.19. The Morgan fingerprint density at radius 3 is 2.47 bits per heavy atom. The molecule has 1 saturated carbocycles. The summed E-state index contributed by atoms with van der Waals surface area (Å²) in [6.45, 7) is 0.440. The molecule has 30 heavy (non-hydrogen) atoms. The minimum absolute atomic E-state index is 0.0143. The van der Waals surface area contributed by atoms with E-state index in [1.165, 1.54) is 18.2 Å². The van der Waals surface area contributed by atoms with Crippen LogP contribution in [0.3, 0.4) is 0 Å². The van der Waals surface area contributed by atoms with Gasteiger partial charge in [0.15, 0.2) is 0 Å². The average Bonchev–Trinajstić information content (AvgIpc) is 3.04. The molecule has 2 aromatic carbocycles. The van der Waals surface area contributed by atoms with Crippen LogP contribution < -0.4 is 4.74 Å².